The van der Waals surface area contributed by atoms with E-state index in [-0.39, 0.29) is 18.3 Å². The Morgan fingerprint density at radius 3 is 2.91 bits per heavy atom. The highest BCUT2D eigenvalue weighted by Gasteiger charge is 2.36. The van der Waals surface area contributed by atoms with Gasteiger partial charge < -0.3 is 10.0 Å². The maximum absolute atomic E-state index is 11.1. The number of aliphatic carboxylic acids is 1. The van der Waals surface area contributed by atoms with Gasteiger partial charge in [-0.3, -0.25) is 9.48 Å². The summed E-state index contributed by atoms with van der Waals surface area (Å²) in [5.74, 6) is -0.529. The monoisotopic (exact) mass is 318 g/mol. The van der Waals surface area contributed by atoms with Crippen molar-refractivity contribution in [2.75, 3.05) is 19.6 Å². The van der Waals surface area contributed by atoms with E-state index in [4.69, 9.17) is 5.11 Å². The molecule has 3 heterocycles. The third-order valence-corrected chi connectivity index (χ3v) is 4.39. The van der Waals surface area contributed by atoms with E-state index in [0.717, 1.165) is 38.3 Å². The van der Waals surface area contributed by atoms with Gasteiger partial charge in [0.1, 0.15) is 0 Å². The molecule has 2 atom stereocenters. The number of carbonyl (C=O) groups is 1. The predicted molar refractivity (Wildman–Crippen MR) is 82.9 cm³/mol. The molecule has 23 heavy (non-hydrogen) atoms. The van der Waals surface area contributed by atoms with Crippen molar-refractivity contribution >= 4 is 5.97 Å². The van der Waals surface area contributed by atoms with Crippen molar-refractivity contribution in [1.29, 1.82) is 0 Å². The second-order valence-corrected chi connectivity index (χ2v) is 6.25. The molecule has 8 heteroatoms. The molecule has 0 spiro atoms. The van der Waals surface area contributed by atoms with Gasteiger partial charge in [-0.15, -0.1) is 0 Å². The highest BCUT2D eigenvalue weighted by atomic mass is 16.4. The fourth-order valence-corrected chi connectivity index (χ4v) is 3.34. The van der Waals surface area contributed by atoms with Crippen LogP contribution in [0.5, 0.6) is 0 Å². The summed E-state index contributed by atoms with van der Waals surface area (Å²) in [6, 6.07) is 0. The van der Waals surface area contributed by atoms with Gasteiger partial charge in [-0.1, -0.05) is 0 Å². The number of hydrogen-bond donors (Lipinski definition) is 2. The molecule has 2 aromatic rings. The molecule has 0 bridgehead atoms. The number of hydrogen-bond acceptors (Lipinski definition) is 5. The molecule has 0 saturated carbocycles. The third kappa shape index (κ3) is 3.95. The van der Waals surface area contributed by atoms with Gasteiger partial charge in [0.25, 0.3) is 0 Å². The largest absolute Gasteiger partial charge is 0.481 e. The summed E-state index contributed by atoms with van der Waals surface area (Å²) in [6.07, 6.45) is 6.77. The molecule has 1 aliphatic heterocycles. The highest BCUT2D eigenvalue weighted by molar-refractivity contribution is 5.67. The molecular formula is C15H22N6O2. The molecule has 0 radical (unpaired) electrons. The van der Waals surface area contributed by atoms with Crippen LogP contribution >= 0.6 is 0 Å². The number of aromatic nitrogens is 5. The molecule has 0 aliphatic carbocycles. The van der Waals surface area contributed by atoms with E-state index in [2.05, 4.69) is 25.4 Å². The summed E-state index contributed by atoms with van der Waals surface area (Å²) in [5.41, 5.74) is 2.03. The van der Waals surface area contributed by atoms with Gasteiger partial charge in [-0.25, -0.2) is 0 Å². The summed E-state index contributed by atoms with van der Waals surface area (Å²) in [4.78, 5) is 13.4. The summed E-state index contributed by atoms with van der Waals surface area (Å²) < 4.78 is 1.95. The molecular weight excluding hydrogens is 296 g/mol. The lowest BCUT2D eigenvalue weighted by atomic mass is 9.91. The van der Waals surface area contributed by atoms with E-state index in [1.807, 2.05) is 24.0 Å². The Kier molecular flexibility index (Phi) is 4.71. The van der Waals surface area contributed by atoms with Crippen molar-refractivity contribution in [2.24, 2.45) is 5.92 Å². The molecule has 0 aromatic carbocycles. The van der Waals surface area contributed by atoms with Crippen LogP contribution in [0.15, 0.2) is 18.6 Å². The van der Waals surface area contributed by atoms with Crippen molar-refractivity contribution in [1.82, 2.24) is 30.1 Å². The van der Waals surface area contributed by atoms with Crippen molar-refractivity contribution in [3.63, 3.8) is 0 Å². The van der Waals surface area contributed by atoms with Crippen molar-refractivity contribution in [3.8, 4) is 0 Å². The lowest BCUT2D eigenvalue weighted by Gasteiger charge is -2.15. The molecule has 1 saturated heterocycles. The molecule has 124 valence electrons. The highest BCUT2D eigenvalue weighted by Crippen LogP contribution is 2.33. The number of nitrogens with zero attached hydrogens (tertiary/aromatic N) is 5. The summed E-state index contributed by atoms with van der Waals surface area (Å²) in [6.45, 7) is 5.47. The van der Waals surface area contributed by atoms with E-state index < -0.39 is 5.97 Å². The van der Waals surface area contributed by atoms with Crippen molar-refractivity contribution in [3.05, 3.63) is 29.8 Å². The first-order valence-electron chi connectivity index (χ1n) is 7.90. The average molecular weight is 318 g/mol. The van der Waals surface area contributed by atoms with Gasteiger partial charge >= 0.3 is 5.97 Å². The number of aryl methyl sites for hydroxylation is 2. The molecule has 2 N–H and O–H groups in total. The van der Waals surface area contributed by atoms with Crippen LogP contribution in [-0.4, -0.2) is 60.8 Å². The predicted octanol–water partition coefficient (Wildman–Crippen LogP) is 0.890. The van der Waals surface area contributed by atoms with Crippen LogP contribution in [0.4, 0.5) is 0 Å². The lowest BCUT2D eigenvalue weighted by molar-refractivity contribution is -0.138. The number of likely N-dealkylation sites (tertiary alicyclic amines) is 1. The average Bonchev–Trinajstić information content (AvgIpc) is 3.20. The van der Waals surface area contributed by atoms with E-state index in [9.17, 15) is 4.79 Å². The maximum atomic E-state index is 11.1. The molecule has 8 nitrogen and oxygen atoms in total. The van der Waals surface area contributed by atoms with Crippen LogP contribution in [0.3, 0.4) is 0 Å². The second kappa shape index (κ2) is 6.91. The molecule has 0 unspecified atom stereocenters. The topological polar surface area (TPSA) is 99.9 Å². The lowest BCUT2D eigenvalue weighted by Crippen LogP contribution is -2.23. The number of carboxylic acids is 1. The molecule has 1 aliphatic rings. The Morgan fingerprint density at radius 1 is 1.39 bits per heavy atom. The zero-order valence-corrected chi connectivity index (χ0v) is 13.2. The van der Waals surface area contributed by atoms with Crippen LogP contribution in [0.1, 0.15) is 30.0 Å². The van der Waals surface area contributed by atoms with Crippen LogP contribution in [0, 0.1) is 12.8 Å². The molecule has 0 amide bonds. The Bertz CT molecular complexity index is 638. The SMILES string of the molecule is Cc1cnn(CCCN2C[C@H](CC(=O)O)[C@H](c3cn[nH]n3)C2)c1. The van der Waals surface area contributed by atoms with Gasteiger partial charge in [-0.2, -0.15) is 20.5 Å². The fourth-order valence-electron chi connectivity index (χ4n) is 3.34. The van der Waals surface area contributed by atoms with Gasteiger partial charge in [0.2, 0.25) is 0 Å². The Morgan fingerprint density at radius 2 is 2.26 bits per heavy atom. The van der Waals surface area contributed by atoms with E-state index in [0.29, 0.717) is 0 Å². The maximum Gasteiger partial charge on any atom is 0.303 e. The minimum atomic E-state index is -0.752. The summed E-state index contributed by atoms with van der Waals surface area (Å²) in [5, 5.41) is 24.0. The Hall–Kier alpha value is -2.22. The number of carboxylic acid groups (broad SMARTS) is 1. The van der Waals surface area contributed by atoms with E-state index in [1.54, 1.807) is 6.20 Å². The summed E-state index contributed by atoms with van der Waals surface area (Å²) >= 11 is 0. The van der Waals surface area contributed by atoms with Crippen LogP contribution < -0.4 is 0 Å². The second-order valence-electron chi connectivity index (χ2n) is 6.25. The number of rotatable bonds is 7. The van der Waals surface area contributed by atoms with Gasteiger partial charge in [0, 0.05) is 31.7 Å². The van der Waals surface area contributed by atoms with Gasteiger partial charge in [-0.05, 0) is 31.4 Å². The zero-order valence-electron chi connectivity index (χ0n) is 13.2. The molecule has 2 aromatic heterocycles. The normalized spacial score (nSPS) is 21.8. The number of nitrogens with one attached hydrogen (secondary N) is 1. The number of H-pyrrole nitrogens is 1. The van der Waals surface area contributed by atoms with Crippen molar-refractivity contribution < 1.29 is 9.90 Å². The number of aromatic amines is 1. The van der Waals surface area contributed by atoms with E-state index in [1.165, 1.54) is 5.56 Å². The first-order valence-corrected chi connectivity index (χ1v) is 7.90. The van der Waals surface area contributed by atoms with Crippen molar-refractivity contribution in [2.45, 2.75) is 32.2 Å². The van der Waals surface area contributed by atoms with Crippen LogP contribution in [0.2, 0.25) is 0 Å². The summed E-state index contributed by atoms with van der Waals surface area (Å²) in [7, 11) is 0. The third-order valence-electron chi connectivity index (χ3n) is 4.39. The Labute approximate surface area is 134 Å². The van der Waals surface area contributed by atoms with Gasteiger partial charge in [0.15, 0.2) is 0 Å². The molecule has 1 fully saturated rings. The van der Waals surface area contributed by atoms with Crippen LogP contribution in [-0.2, 0) is 11.3 Å². The minimum absolute atomic E-state index is 0.0875. The fraction of sp³-hybridized carbons (Fsp3) is 0.600. The minimum Gasteiger partial charge on any atom is -0.481 e. The standard InChI is InChI=1S/C15H22N6O2/c1-11-6-17-21(8-11)4-2-3-20-9-12(5-15(22)23)13(10-20)14-7-16-19-18-14/h6-8,12-13H,2-5,9-10H2,1H3,(H,22,23)(H,16,18,19)/t12-,13+/m0/s1. The Balaban J connectivity index is 1.55. The quantitative estimate of drug-likeness (QED) is 0.786. The zero-order chi connectivity index (χ0) is 16.2. The first-order chi connectivity index (χ1) is 11.1. The van der Waals surface area contributed by atoms with Gasteiger partial charge in [0.05, 0.1) is 24.5 Å². The molecule has 3 rings (SSSR count). The smallest absolute Gasteiger partial charge is 0.303 e. The first kappa shape index (κ1) is 15.7. The van der Waals surface area contributed by atoms with Crippen LogP contribution in [0.25, 0.3) is 0 Å². The van der Waals surface area contributed by atoms with E-state index >= 15 is 0 Å².